The van der Waals surface area contributed by atoms with Crippen molar-refractivity contribution < 1.29 is 31.9 Å². The Kier molecular flexibility index (Phi) is 5.34. The molecule has 0 fully saturated rings. The largest absolute Gasteiger partial charge is 0.538 e. The molecule has 0 aliphatic heterocycles. The van der Waals surface area contributed by atoms with Crippen LogP contribution in [0.3, 0.4) is 0 Å². The van der Waals surface area contributed by atoms with Crippen LogP contribution in [-0.4, -0.2) is 19.1 Å². The summed E-state index contributed by atoms with van der Waals surface area (Å²) in [4.78, 5) is 8.82. The molecule has 0 rings (SSSR count). The van der Waals surface area contributed by atoms with Crippen LogP contribution in [0.2, 0.25) is 0 Å². The standard InChI is InChI=1S/C5H10O7P2/c1-4-5-11-14(8,10-3)12-13(6,7)9-2/h5H,1H2,2-3H3,(H,6,7). The van der Waals surface area contributed by atoms with Gasteiger partial charge in [0, 0.05) is 14.2 Å². The van der Waals surface area contributed by atoms with Gasteiger partial charge in [0.2, 0.25) is 0 Å². The quantitative estimate of drug-likeness (QED) is 0.432. The van der Waals surface area contributed by atoms with Crippen LogP contribution in [0.15, 0.2) is 18.6 Å². The Morgan fingerprint density at radius 3 is 2.29 bits per heavy atom. The molecule has 82 valence electrons. The number of hydrogen-bond acceptors (Lipinski definition) is 6. The van der Waals surface area contributed by atoms with Crippen LogP contribution in [0.4, 0.5) is 0 Å². The van der Waals surface area contributed by atoms with E-state index in [0.29, 0.717) is 0 Å². The Bertz CT molecular complexity index is 318. The number of hydrogen-bond donors (Lipinski definition) is 1. The average Bonchev–Trinajstić information content (AvgIpc) is 2.14. The second kappa shape index (κ2) is 5.49. The first kappa shape index (κ1) is 13.6. The molecule has 0 heterocycles. The normalized spacial score (nSPS) is 18.8. The van der Waals surface area contributed by atoms with Gasteiger partial charge in [-0.3, -0.25) is 9.05 Å². The predicted molar refractivity (Wildman–Crippen MR) is 47.3 cm³/mol. The fourth-order valence-corrected chi connectivity index (χ4v) is 2.35. The van der Waals surface area contributed by atoms with Gasteiger partial charge in [-0.1, -0.05) is 12.3 Å². The van der Waals surface area contributed by atoms with Gasteiger partial charge in [-0.25, -0.2) is 9.13 Å². The molecule has 0 aromatic heterocycles. The maximum Gasteiger partial charge on any atom is 0.538 e. The summed E-state index contributed by atoms with van der Waals surface area (Å²) in [5, 5.41) is 0. The highest BCUT2D eigenvalue weighted by atomic mass is 31.3. The van der Waals surface area contributed by atoms with Gasteiger partial charge in [0.15, 0.2) is 0 Å². The molecule has 0 spiro atoms. The van der Waals surface area contributed by atoms with Gasteiger partial charge in [0.1, 0.15) is 6.26 Å². The zero-order valence-corrected chi connectivity index (χ0v) is 9.36. The Morgan fingerprint density at radius 1 is 1.36 bits per heavy atom. The Balaban J connectivity index is 4.64. The highest BCUT2D eigenvalue weighted by Crippen LogP contribution is 2.62. The van der Waals surface area contributed by atoms with Crippen molar-refractivity contribution in [3.63, 3.8) is 0 Å². The monoisotopic (exact) mass is 244 g/mol. The molecule has 0 bridgehead atoms. The molecule has 2 unspecified atom stereocenters. The van der Waals surface area contributed by atoms with Crippen molar-refractivity contribution in [3.05, 3.63) is 18.6 Å². The molecule has 0 aromatic carbocycles. The zero-order valence-electron chi connectivity index (χ0n) is 7.58. The van der Waals surface area contributed by atoms with Gasteiger partial charge in [-0.05, 0) is 0 Å². The van der Waals surface area contributed by atoms with Crippen molar-refractivity contribution >= 4 is 15.6 Å². The summed E-state index contributed by atoms with van der Waals surface area (Å²) in [6.45, 7) is 3.11. The van der Waals surface area contributed by atoms with Crippen LogP contribution in [0.25, 0.3) is 0 Å². The molecule has 0 aromatic rings. The number of rotatable bonds is 6. The van der Waals surface area contributed by atoms with E-state index in [1.807, 2.05) is 0 Å². The fourth-order valence-electron chi connectivity index (χ4n) is 0.357. The highest BCUT2D eigenvalue weighted by Gasteiger charge is 2.36. The van der Waals surface area contributed by atoms with E-state index in [1.165, 1.54) is 0 Å². The van der Waals surface area contributed by atoms with Gasteiger partial charge in [0.05, 0.1) is 0 Å². The summed E-state index contributed by atoms with van der Waals surface area (Å²) in [6.07, 6.45) is 0.778. The van der Waals surface area contributed by atoms with Crippen LogP contribution in [0, 0.1) is 0 Å². The first-order valence-electron chi connectivity index (χ1n) is 3.17. The molecule has 0 radical (unpaired) electrons. The molecule has 2 atom stereocenters. The van der Waals surface area contributed by atoms with E-state index in [9.17, 15) is 9.13 Å². The third kappa shape index (κ3) is 4.74. The van der Waals surface area contributed by atoms with E-state index >= 15 is 0 Å². The van der Waals surface area contributed by atoms with Crippen molar-refractivity contribution in [2.45, 2.75) is 0 Å². The summed E-state index contributed by atoms with van der Waals surface area (Å²) in [6, 6.07) is 0. The minimum atomic E-state index is -4.43. The zero-order chi connectivity index (χ0) is 11.2. The van der Waals surface area contributed by atoms with E-state index in [0.717, 1.165) is 20.5 Å². The van der Waals surface area contributed by atoms with Crippen LogP contribution < -0.4 is 0 Å². The van der Waals surface area contributed by atoms with E-state index in [2.05, 4.69) is 30.2 Å². The summed E-state index contributed by atoms with van der Waals surface area (Å²) < 4.78 is 39.0. The third-order valence-electron chi connectivity index (χ3n) is 0.923. The molecule has 0 aliphatic rings. The van der Waals surface area contributed by atoms with Crippen molar-refractivity contribution in [1.82, 2.24) is 0 Å². The minimum Gasteiger partial charge on any atom is -0.403 e. The number of phosphoric acid groups is 2. The molecular weight excluding hydrogens is 234 g/mol. The van der Waals surface area contributed by atoms with Crippen LogP contribution in [0.1, 0.15) is 0 Å². The van der Waals surface area contributed by atoms with Gasteiger partial charge in [0.25, 0.3) is 0 Å². The van der Waals surface area contributed by atoms with E-state index in [4.69, 9.17) is 4.89 Å². The smallest absolute Gasteiger partial charge is 0.403 e. The lowest BCUT2D eigenvalue weighted by molar-refractivity contribution is 0.182. The Morgan fingerprint density at radius 2 is 1.93 bits per heavy atom. The van der Waals surface area contributed by atoms with Crippen LogP contribution in [0.5, 0.6) is 0 Å². The first-order chi connectivity index (χ1) is 6.39. The summed E-state index contributed by atoms with van der Waals surface area (Å²) in [5.41, 5.74) is 2.12. The van der Waals surface area contributed by atoms with Crippen molar-refractivity contribution in [2.75, 3.05) is 14.2 Å². The van der Waals surface area contributed by atoms with Crippen LogP contribution >= 0.6 is 15.6 Å². The molecule has 7 nitrogen and oxygen atoms in total. The summed E-state index contributed by atoms with van der Waals surface area (Å²) in [7, 11) is -6.70. The highest BCUT2D eigenvalue weighted by molar-refractivity contribution is 7.61. The molecule has 0 saturated carbocycles. The Hall–Kier alpha value is -0.380. The Labute approximate surface area is 81.2 Å². The molecule has 0 saturated heterocycles. The molecule has 14 heavy (non-hydrogen) atoms. The SMILES string of the molecule is C=C=COP(=O)(OC)OP(=O)(O)OC. The maximum atomic E-state index is 11.3. The van der Waals surface area contributed by atoms with Crippen molar-refractivity contribution in [3.8, 4) is 0 Å². The second-order valence-electron chi connectivity index (χ2n) is 1.79. The second-order valence-corrected chi connectivity index (χ2v) is 5.22. The molecule has 0 amide bonds. The third-order valence-corrected chi connectivity index (χ3v) is 3.82. The van der Waals surface area contributed by atoms with Gasteiger partial charge < -0.3 is 9.42 Å². The van der Waals surface area contributed by atoms with Crippen molar-refractivity contribution in [2.24, 2.45) is 0 Å². The lowest BCUT2D eigenvalue weighted by Crippen LogP contribution is -1.94. The van der Waals surface area contributed by atoms with Crippen LogP contribution in [-0.2, 0) is 27.0 Å². The molecular formula is C5H10O7P2. The lowest BCUT2D eigenvalue weighted by Gasteiger charge is -2.15. The van der Waals surface area contributed by atoms with E-state index in [-0.39, 0.29) is 0 Å². The minimum absolute atomic E-state index is 0.778. The summed E-state index contributed by atoms with van der Waals surface area (Å²) >= 11 is 0. The maximum absolute atomic E-state index is 11.3. The van der Waals surface area contributed by atoms with E-state index < -0.39 is 15.6 Å². The summed E-state index contributed by atoms with van der Waals surface area (Å²) in [5.74, 6) is 0. The lowest BCUT2D eigenvalue weighted by atomic mass is 11.0. The topological polar surface area (TPSA) is 91.3 Å². The average molecular weight is 244 g/mol. The van der Waals surface area contributed by atoms with Gasteiger partial charge in [-0.2, -0.15) is 4.31 Å². The predicted octanol–water partition coefficient (Wildman–Crippen LogP) is 1.82. The molecule has 1 N–H and O–H groups in total. The number of phosphoric ester groups is 2. The molecule has 9 heteroatoms. The molecule has 0 aliphatic carbocycles. The van der Waals surface area contributed by atoms with E-state index in [1.54, 1.807) is 0 Å². The van der Waals surface area contributed by atoms with Gasteiger partial charge >= 0.3 is 15.6 Å². The van der Waals surface area contributed by atoms with Crippen molar-refractivity contribution in [1.29, 1.82) is 0 Å². The van der Waals surface area contributed by atoms with Gasteiger partial charge in [-0.15, -0.1) is 0 Å². The fraction of sp³-hybridized carbons (Fsp3) is 0.400. The first-order valence-corrected chi connectivity index (χ1v) is 6.13.